The van der Waals surface area contributed by atoms with E-state index in [0.29, 0.717) is 19.3 Å². The van der Waals surface area contributed by atoms with Gasteiger partial charge in [-0.05, 0) is 44.9 Å². The van der Waals surface area contributed by atoms with Gasteiger partial charge in [-0.3, -0.25) is 14.1 Å². The lowest BCUT2D eigenvalue weighted by molar-refractivity contribution is -0.297. The van der Waals surface area contributed by atoms with Gasteiger partial charge in [0.1, 0.15) is 36.8 Å². The van der Waals surface area contributed by atoms with Gasteiger partial charge in [-0.2, -0.15) is 8.42 Å². The number of aliphatic hydroxyl groups excluding tert-OH is 3. The van der Waals surface area contributed by atoms with Gasteiger partial charge < -0.3 is 34.3 Å². The summed E-state index contributed by atoms with van der Waals surface area (Å²) in [6, 6.07) is 0. The molecule has 0 aliphatic carbocycles. The summed E-state index contributed by atoms with van der Waals surface area (Å²) in [5.74, 6) is -2.04. The predicted octanol–water partition coefficient (Wildman–Crippen LogP) is 9.23. The molecule has 0 saturated carbocycles. The number of hydrogen-bond acceptors (Lipinski definition) is 11. The fourth-order valence-corrected chi connectivity index (χ4v) is 7.62. The molecule has 0 spiro atoms. The number of carbonyl (C=O) groups is 2. The summed E-state index contributed by atoms with van der Waals surface area (Å²) >= 11 is 0. The highest BCUT2D eigenvalue weighted by molar-refractivity contribution is 7.85. The Morgan fingerprint density at radius 3 is 1.53 bits per heavy atom. The molecule has 13 heteroatoms. The Labute approximate surface area is 351 Å². The third kappa shape index (κ3) is 30.2. The number of carbonyl (C=O) groups excluding carboxylic acids is 2. The van der Waals surface area contributed by atoms with Crippen LogP contribution < -0.4 is 0 Å². The molecule has 1 aliphatic heterocycles. The van der Waals surface area contributed by atoms with Crippen LogP contribution in [0.15, 0.2) is 24.3 Å². The lowest BCUT2D eigenvalue weighted by Gasteiger charge is -2.40. The summed E-state index contributed by atoms with van der Waals surface area (Å²) in [5.41, 5.74) is 0. The second-order valence-electron chi connectivity index (χ2n) is 16.1. The summed E-state index contributed by atoms with van der Waals surface area (Å²) in [4.78, 5) is 25.2. The number of rotatable bonds is 38. The van der Waals surface area contributed by atoms with E-state index >= 15 is 0 Å². The first-order valence-corrected chi connectivity index (χ1v) is 24.5. The molecule has 0 aromatic carbocycles. The van der Waals surface area contributed by atoms with Crippen molar-refractivity contribution >= 4 is 22.1 Å². The molecule has 58 heavy (non-hydrogen) atoms. The summed E-state index contributed by atoms with van der Waals surface area (Å²) in [6.07, 6.45) is 29.9. The monoisotopic (exact) mass is 847 g/mol. The SMILES string of the molecule is CCCCCCCCCCCCCCCC/C=C/CC/C=C/CCCC(=O)O[C@H](COC(=O)CCCCCCCCC)CO[C@H]1O[C@H](CS(=O)(=O)O)[C@@H](O)C(O)C1O. The maximum absolute atomic E-state index is 12.8. The van der Waals surface area contributed by atoms with Gasteiger partial charge in [0.2, 0.25) is 0 Å². The van der Waals surface area contributed by atoms with Gasteiger partial charge in [-0.15, -0.1) is 0 Å². The van der Waals surface area contributed by atoms with E-state index in [0.717, 1.165) is 44.9 Å². The molecule has 0 aromatic heterocycles. The highest BCUT2D eigenvalue weighted by Gasteiger charge is 2.46. The van der Waals surface area contributed by atoms with E-state index in [1.807, 2.05) is 6.08 Å². The molecular weight excluding hydrogens is 765 g/mol. The van der Waals surface area contributed by atoms with E-state index in [4.69, 9.17) is 18.9 Å². The first-order chi connectivity index (χ1) is 28.0. The molecule has 0 amide bonds. The van der Waals surface area contributed by atoms with Gasteiger partial charge in [0, 0.05) is 12.8 Å². The topological polar surface area (TPSA) is 186 Å². The summed E-state index contributed by atoms with van der Waals surface area (Å²) in [6.45, 7) is 3.68. The van der Waals surface area contributed by atoms with Crippen LogP contribution >= 0.6 is 0 Å². The molecule has 1 rings (SSSR count). The first kappa shape index (κ1) is 54.1. The summed E-state index contributed by atoms with van der Waals surface area (Å²) in [5, 5.41) is 30.8. The molecule has 0 bridgehead atoms. The third-order valence-electron chi connectivity index (χ3n) is 10.5. The summed E-state index contributed by atoms with van der Waals surface area (Å²) in [7, 11) is -4.60. The maximum atomic E-state index is 12.8. The molecule has 340 valence electrons. The number of esters is 2. The third-order valence-corrected chi connectivity index (χ3v) is 11.3. The normalized spacial score (nSPS) is 20.6. The molecule has 1 heterocycles. The lowest BCUT2D eigenvalue weighted by Crippen LogP contribution is -2.60. The van der Waals surface area contributed by atoms with Crippen molar-refractivity contribution in [2.24, 2.45) is 0 Å². The molecule has 4 N–H and O–H groups in total. The van der Waals surface area contributed by atoms with Crippen LogP contribution in [0, 0.1) is 0 Å². The van der Waals surface area contributed by atoms with Crippen LogP contribution in [0.25, 0.3) is 0 Å². The summed E-state index contributed by atoms with van der Waals surface area (Å²) < 4.78 is 53.8. The fraction of sp³-hybridized carbons (Fsp3) is 0.867. The molecule has 0 aromatic rings. The van der Waals surface area contributed by atoms with E-state index in [2.05, 4.69) is 32.1 Å². The first-order valence-electron chi connectivity index (χ1n) is 22.9. The highest BCUT2D eigenvalue weighted by atomic mass is 32.2. The number of allylic oxidation sites excluding steroid dienone is 4. The Hall–Kier alpha value is -1.87. The van der Waals surface area contributed by atoms with Gasteiger partial charge in [0.05, 0.1) is 6.61 Å². The van der Waals surface area contributed by atoms with Crippen LogP contribution in [0.5, 0.6) is 0 Å². The Morgan fingerprint density at radius 2 is 1.02 bits per heavy atom. The van der Waals surface area contributed by atoms with Crippen LogP contribution in [-0.2, 0) is 38.7 Å². The van der Waals surface area contributed by atoms with Gasteiger partial charge >= 0.3 is 11.9 Å². The van der Waals surface area contributed by atoms with Crippen LogP contribution in [0.3, 0.4) is 0 Å². The van der Waals surface area contributed by atoms with E-state index in [1.54, 1.807) is 0 Å². The zero-order chi connectivity index (χ0) is 42.7. The molecule has 1 aliphatic rings. The predicted molar refractivity (Wildman–Crippen MR) is 229 cm³/mol. The Bertz CT molecular complexity index is 1180. The zero-order valence-corrected chi connectivity index (χ0v) is 37.0. The highest BCUT2D eigenvalue weighted by Crippen LogP contribution is 2.24. The molecular formula is C45H82O12S. The maximum Gasteiger partial charge on any atom is 0.306 e. The molecule has 1 fully saturated rings. The average Bonchev–Trinajstić information content (AvgIpc) is 3.18. The van der Waals surface area contributed by atoms with E-state index in [1.165, 1.54) is 103 Å². The van der Waals surface area contributed by atoms with Crippen molar-refractivity contribution in [1.29, 1.82) is 0 Å². The fourth-order valence-electron chi connectivity index (χ4n) is 6.93. The van der Waals surface area contributed by atoms with Crippen molar-refractivity contribution in [3.63, 3.8) is 0 Å². The van der Waals surface area contributed by atoms with Crippen molar-refractivity contribution in [3.05, 3.63) is 24.3 Å². The van der Waals surface area contributed by atoms with Crippen molar-refractivity contribution in [2.75, 3.05) is 19.0 Å². The quantitative estimate of drug-likeness (QED) is 0.0200. The Kier molecular flexibility index (Phi) is 33.5. The molecule has 1 saturated heterocycles. The Balaban J connectivity index is 2.36. The lowest BCUT2D eigenvalue weighted by atomic mass is 10.00. The molecule has 12 nitrogen and oxygen atoms in total. The van der Waals surface area contributed by atoms with Crippen LogP contribution in [-0.4, -0.2) is 96.0 Å². The minimum absolute atomic E-state index is 0.107. The van der Waals surface area contributed by atoms with Gasteiger partial charge in [0.25, 0.3) is 10.1 Å². The number of unbranched alkanes of at least 4 members (excludes halogenated alkanes) is 22. The van der Waals surface area contributed by atoms with Crippen LogP contribution in [0.1, 0.15) is 194 Å². The van der Waals surface area contributed by atoms with Crippen molar-refractivity contribution in [2.45, 2.75) is 230 Å². The zero-order valence-electron chi connectivity index (χ0n) is 36.2. The second-order valence-corrected chi connectivity index (χ2v) is 17.6. The van der Waals surface area contributed by atoms with Crippen molar-refractivity contribution < 1.29 is 56.8 Å². The van der Waals surface area contributed by atoms with E-state index in [9.17, 15) is 37.9 Å². The van der Waals surface area contributed by atoms with Gasteiger partial charge in [-0.25, -0.2) is 0 Å². The second kappa shape index (κ2) is 35.8. The number of hydrogen-bond donors (Lipinski definition) is 4. The minimum Gasteiger partial charge on any atom is -0.462 e. The van der Waals surface area contributed by atoms with Gasteiger partial charge in [0.15, 0.2) is 12.4 Å². The average molecular weight is 847 g/mol. The minimum atomic E-state index is -4.60. The number of ether oxygens (including phenoxy) is 4. The van der Waals surface area contributed by atoms with Crippen molar-refractivity contribution in [3.8, 4) is 0 Å². The van der Waals surface area contributed by atoms with Gasteiger partial charge in [-0.1, -0.05) is 160 Å². The molecule has 2 unspecified atom stereocenters. The van der Waals surface area contributed by atoms with Crippen LogP contribution in [0.2, 0.25) is 0 Å². The standard InChI is InChI=1S/C45H82O12S/c1-3-5-7-9-11-12-13-14-15-16-17-18-19-20-21-22-23-24-25-26-28-30-32-34-41(47)56-38(35-54-40(46)33-31-29-27-10-8-6-4-2)36-55-45-44(50)43(49)42(48)39(57-45)37-58(51,52)53/h22-23,26,28,38-39,42-45,48-50H,3-21,24-25,27,29-37H2,1-2H3,(H,51,52,53)/b23-22+,28-26+/t38-,39-,42-,43?,44?,45+/m1/s1. The van der Waals surface area contributed by atoms with E-state index < -0.39 is 71.2 Å². The van der Waals surface area contributed by atoms with Crippen molar-refractivity contribution in [1.82, 2.24) is 0 Å². The van der Waals surface area contributed by atoms with E-state index in [-0.39, 0.29) is 19.4 Å². The number of aliphatic hydroxyl groups is 3. The molecule has 6 atom stereocenters. The smallest absolute Gasteiger partial charge is 0.306 e. The largest absolute Gasteiger partial charge is 0.462 e. The Morgan fingerprint density at radius 1 is 0.569 bits per heavy atom. The molecule has 0 radical (unpaired) electrons. The van der Waals surface area contributed by atoms with Crippen LogP contribution in [0.4, 0.5) is 0 Å².